The SMILES string of the molecule is CC[C@H](C)[C@H](NC(=O)[C@@H](NC(=O)[C@@H](N)Cc1ccccc1)C(C)C)C(=O)N1CCC[C@H]1C(=O)N[C@@H](C)C(=O)NCC(=O)N[C@@H](Cc1ccc(O)cc1)C(=O)O. The average Bonchev–Trinajstić information content (AvgIpc) is 3.65. The highest BCUT2D eigenvalue weighted by Gasteiger charge is 2.41. The lowest BCUT2D eigenvalue weighted by molar-refractivity contribution is -0.143. The summed E-state index contributed by atoms with van der Waals surface area (Å²) in [5.41, 5.74) is 7.60. The van der Waals surface area contributed by atoms with E-state index in [2.05, 4.69) is 26.6 Å². The quantitative estimate of drug-likeness (QED) is 0.0975. The Morgan fingerprint density at radius 1 is 0.800 bits per heavy atom. The first-order valence-electron chi connectivity index (χ1n) is 18.6. The van der Waals surface area contributed by atoms with Gasteiger partial charge in [0.25, 0.3) is 0 Å². The second-order valence-corrected chi connectivity index (χ2v) is 14.4. The van der Waals surface area contributed by atoms with Crippen LogP contribution in [-0.4, -0.2) is 106 Å². The third-order valence-corrected chi connectivity index (χ3v) is 9.68. The van der Waals surface area contributed by atoms with Gasteiger partial charge in [0.15, 0.2) is 0 Å². The molecule has 0 spiro atoms. The summed E-state index contributed by atoms with van der Waals surface area (Å²) < 4.78 is 0. The number of phenols is 1. The van der Waals surface area contributed by atoms with Crippen molar-refractivity contribution in [2.24, 2.45) is 17.6 Å². The smallest absolute Gasteiger partial charge is 0.326 e. The van der Waals surface area contributed by atoms with Crippen LogP contribution in [-0.2, 0) is 46.4 Å². The Morgan fingerprint density at radius 3 is 2.02 bits per heavy atom. The number of nitrogens with two attached hydrogens (primary N) is 1. The molecule has 300 valence electrons. The second-order valence-electron chi connectivity index (χ2n) is 14.4. The molecule has 0 aliphatic carbocycles. The Morgan fingerprint density at radius 2 is 1.42 bits per heavy atom. The van der Waals surface area contributed by atoms with Gasteiger partial charge in [-0.2, -0.15) is 0 Å². The van der Waals surface area contributed by atoms with E-state index in [0.717, 1.165) is 5.56 Å². The molecule has 2 aromatic rings. The maximum Gasteiger partial charge on any atom is 0.326 e. The minimum atomic E-state index is -1.29. The van der Waals surface area contributed by atoms with Gasteiger partial charge in [0.1, 0.15) is 36.0 Å². The van der Waals surface area contributed by atoms with E-state index >= 15 is 0 Å². The largest absolute Gasteiger partial charge is 0.508 e. The highest BCUT2D eigenvalue weighted by Crippen LogP contribution is 2.22. The van der Waals surface area contributed by atoms with E-state index < -0.39 is 84.2 Å². The predicted molar refractivity (Wildman–Crippen MR) is 203 cm³/mol. The normalized spacial score (nSPS) is 17.1. The predicted octanol–water partition coefficient (Wildman–Crippen LogP) is 0.358. The lowest BCUT2D eigenvalue weighted by Gasteiger charge is -2.33. The molecule has 2 aromatic carbocycles. The topological polar surface area (TPSA) is 249 Å². The average molecular weight is 766 g/mol. The second kappa shape index (κ2) is 20.8. The number of benzene rings is 2. The fraction of sp³-hybridized carbons (Fsp3) is 0.513. The van der Waals surface area contributed by atoms with Crippen molar-refractivity contribution in [2.45, 2.75) is 103 Å². The molecule has 55 heavy (non-hydrogen) atoms. The highest BCUT2D eigenvalue weighted by atomic mass is 16.4. The summed E-state index contributed by atoms with van der Waals surface area (Å²) in [7, 11) is 0. The van der Waals surface area contributed by atoms with Gasteiger partial charge in [0, 0.05) is 13.0 Å². The monoisotopic (exact) mass is 765 g/mol. The summed E-state index contributed by atoms with van der Waals surface area (Å²) in [6.45, 7) is 8.31. The van der Waals surface area contributed by atoms with Crippen LogP contribution >= 0.6 is 0 Å². The first-order chi connectivity index (χ1) is 26.0. The van der Waals surface area contributed by atoms with Crippen LogP contribution in [0.1, 0.15) is 65.0 Å². The molecule has 1 heterocycles. The van der Waals surface area contributed by atoms with Crippen molar-refractivity contribution in [1.82, 2.24) is 31.5 Å². The van der Waals surface area contributed by atoms with Crippen molar-refractivity contribution in [3.05, 3.63) is 65.7 Å². The maximum absolute atomic E-state index is 14.0. The molecule has 0 aromatic heterocycles. The number of rotatable bonds is 19. The van der Waals surface area contributed by atoms with Crippen molar-refractivity contribution in [3.63, 3.8) is 0 Å². The molecule has 16 nitrogen and oxygen atoms in total. The van der Waals surface area contributed by atoms with Crippen LogP contribution in [0.25, 0.3) is 0 Å². The lowest BCUT2D eigenvalue weighted by Crippen LogP contribution is -2.60. The number of carboxylic acid groups (broad SMARTS) is 1. The Hall–Kier alpha value is -5.51. The number of carbonyl (C=O) groups is 7. The molecule has 16 heteroatoms. The zero-order valence-corrected chi connectivity index (χ0v) is 32.0. The van der Waals surface area contributed by atoms with Crippen LogP contribution in [0.15, 0.2) is 54.6 Å². The fourth-order valence-corrected chi connectivity index (χ4v) is 6.17. The van der Waals surface area contributed by atoms with E-state index in [-0.39, 0.29) is 37.0 Å². The number of hydrogen-bond acceptors (Lipinski definition) is 9. The highest BCUT2D eigenvalue weighted by molar-refractivity contribution is 5.97. The molecule has 0 saturated carbocycles. The van der Waals surface area contributed by atoms with Crippen LogP contribution in [0.2, 0.25) is 0 Å². The van der Waals surface area contributed by atoms with Crippen molar-refractivity contribution in [2.75, 3.05) is 13.1 Å². The molecule has 0 unspecified atom stereocenters. The van der Waals surface area contributed by atoms with Gasteiger partial charge in [0.05, 0.1) is 12.6 Å². The van der Waals surface area contributed by atoms with Crippen molar-refractivity contribution in [3.8, 4) is 5.75 Å². The van der Waals surface area contributed by atoms with Gasteiger partial charge in [-0.1, -0.05) is 76.6 Å². The van der Waals surface area contributed by atoms with E-state index in [1.165, 1.54) is 36.1 Å². The number of amides is 6. The number of likely N-dealkylation sites (tertiary alicyclic amines) is 1. The first-order valence-corrected chi connectivity index (χ1v) is 18.6. The summed E-state index contributed by atoms with van der Waals surface area (Å²) in [5.74, 6) is -5.54. The molecule has 9 N–H and O–H groups in total. The van der Waals surface area contributed by atoms with Crippen molar-refractivity contribution >= 4 is 41.4 Å². The van der Waals surface area contributed by atoms with Crippen molar-refractivity contribution in [1.29, 1.82) is 0 Å². The van der Waals surface area contributed by atoms with Gasteiger partial charge in [-0.05, 0) is 61.3 Å². The Balaban J connectivity index is 1.58. The zero-order valence-electron chi connectivity index (χ0n) is 32.0. The number of carbonyl (C=O) groups excluding carboxylic acids is 6. The van der Waals surface area contributed by atoms with E-state index in [0.29, 0.717) is 24.8 Å². The first kappa shape index (κ1) is 43.9. The van der Waals surface area contributed by atoms with E-state index in [1.807, 2.05) is 37.3 Å². The number of phenolic OH excluding ortho intramolecular Hbond substituents is 1. The number of nitrogens with zero attached hydrogens (tertiary/aromatic N) is 1. The lowest BCUT2D eigenvalue weighted by atomic mass is 9.95. The summed E-state index contributed by atoms with van der Waals surface area (Å²) in [5, 5.41) is 31.9. The van der Waals surface area contributed by atoms with E-state index in [4.69, 9.17) is 5.73 Å². The minimum Gasteiger partial charge on any atom is -0.508 e. The van der Waals surface area contributed by atoms with Gasteiger partial charge in [-0.15, -0.1) is 0 Å². The molecule has 0 radical (unpaired) electrons. The molecule has 1 saturated heterocycles. The molecule has 1 aliphatic heterocycles. The summed E-state index contributed by atoms with van der Waals surface area (Å²) in [4.78, 5) is 92.6. The fourth-order valence-electron chi connectivity index (χ4n) is 6.17. The van der Waals surface area contributed by atoms with Gasteiger partial charge in [-0.25, -0.2) is 4.79 Å². The molecule has 0 bridgehead atoms. The Labute approximate surface area is 321 Å². The maximum atomic E-state index is 14.0. The molecular formula is C39H55N7O9. The number of nitrogens with one attached hydrogen (secondary N) is 5. The summed E-state index contributed by atoms with van der Waals surface area (Å²) >= 11 is 0. The molecule has 3 rings (SSSR count). The molecule has 1 aliphatic rings. The molecule has 7 atom stereocenters. The van der Waals surface area contributed by atoms with Crippen LogP contribution < -0.4 is 32.3 Å². The van der Waals surface area contributed by atoms with Crippen LogP contribution in [0, 0.1) is 11.8 Å². The van der Waals surface area contributed by atoms with Gasteiger partial charge >= 0.3 is 5.97 Å². The third kappa shape index (κ3) is 13.1. The number of carboxylic acids is 1. The van der Waals surface area contributed by atoms with Gasteiger partial charge < -0.3 is 47.4 Å². The number of hydrogen-bond donors (Lipinski definition) is 8. The van der Waals surface area contributed by atoms with E-state index in [9.17, 15) is 43.8 Å². The van der Waals surface area contributed by atoms with Crippen LogP contribution in [0.4, 0.5) is 0 Å². The minimum absolute atomic E-state index is 0.00908. The van der Waals surface area contributed by atoms with Gasteiger partial charge in [-0.3, -0.25) is 28.8 Å². The molecule has 1 fully saturated rings. The Kier molecular flexibility index (Phi) is 16.6. The summed E-state index contributed by atoms with van der Waals surface area (Å²) in [6, 6.07) is 8.87. The number of aliphatic carboxylic acids is 1. The van der Waals surface area contributed by atoms with Crippen molar-refractivity contribution < 1.29 is 43.8 Å². The van der Waals surface area contributed by atoms with E-state index in [1.54, 1.807) is 20.8 Å². The van der Waals surface area contributed by atoms with Crippen LogP contribution in [0.3, 0.4) is 0 Å². The van der Waals surface area contributed by atoms with Gasteiger partial charge in [0.2, 0.25) is 35.4 Å². The number of aromatic hydroxyl groups is 1. The van der Waals surface area contributed by atoms with Crippen LogP contribution in [0.5, 0.6) is 5.75 Å². The zero-order chi connectivity index (χ0) is 40.8. The third-order valence-electron chi connectivity index (χ3n) is 9.68. The summed E-state index contributed by atoms with van der Waals surface area (Å²) in [6.07, 6.45) is 1.56. The Bertz CT molecular complexity index is 1650. The molecule has 6 amide bonds. The standard InChI is InChI=1S/C39H55N7O9/c1-6-23(4)33(45-37(52)32(22(2)3)44-35(50)28(40)19-25-11-8-7-9-12-25)38(53)46-18-10-13-30(46)36(51)42-24(5)34(49)41-21-31(48)43-29(39(54)55)20-26-14-16-27(47)17-15-26/h7-9,11-12,14-17,22-24,28-30,32-33,47H,6,10,13,18-21,40H2,1-5H3,(H,41,49)(H,42,51)(H,43,48)(H,44,50)(H,45,52)(H,54,55)/t23-,24-,28-,29-,30-,32-,33-/m0/s1. The molecular weight excluding hydrogens is 710 g/mol.